The van der Waals surface area contributed by atoms with Crippen molar-refractivity contribution in [1.29, 1.82) is 0 Å². The van der Waals surface area contributed by atoms with E-state index in [4.69, 9.17) is 0 Å². The van der Waals surface area contributed by atoms with Crippen molar-refractivity contribution >= 4 is 5.82 Å². The molecular formula is C14H24N4. The summed E-state index contributed by atoms with van der Waals surface area (Å²) in [5.74, 6) is 0.920. The van der Waals surface area contributed by atoms with Crippen molar-refractivity contribution in [3.8, 4) is 0 Å². The van der Waals surface area contributed by atoms with Gasteiger partial charge in [0.1, 0.15) is 5.82 Å². The van der Waals surface area contributed by atoms with Crippen LogP contribution in [-0.4, -0.2) is 29.1 Å². The summed E-state index contributed by atoms with van der Waals surface area (Å²) in [5.41, 5.74) is 2.10. The molecule has 0 saturated heterocycles. The largest absolute Gasteiger partial charge is 0.352 e. The Hall–Kier alpha value is -1.42. The zero-order valence-electron chi connectivity index (χ0n) is 11.9. The van der Waals surface area contributed by atoms with E-state index in [1.807, 2.05) is 19.3 Å². The van der Waals surface area contributed by atoms with E-state index in [1.165, 1.54) is 0 Å². The van der Waals surface area contributed by atoms with Crippen LogP contribution in [0.4, 0.5) is 5.82 Å². The van der Waals surface area contributed by atoms with Gasteiger partial charge in [0.25, 0.3) is 0 Å². The van der Waals surface area contributed by atoms with E-state index in [1.54, 1.807) is 0 Å². The summed E-state index contributed by atoms with van der Waals surface area (Å²) < 4.78 is 0. The lowest BCUT2D eigenvalue weighted by Gasteiger charge is -2.22. The van der Waals surface area contributed by atoms with Crippen LogP contribution in [0.5, 0.6) is 0 Å². The Kier molecular flexibility index (Phi) is 5.78. The maximum atomic E-state index is 4.63. The van der Waals surface area contributed by atoms with E-state index < -0.39 is 0 Å². The summed E-state index contributed by atoms with van der Waals surface area (Å²) in [6, 6.07) is 0.452. The van der Waals surface area contributed by atoms with Crippen LogP contribution in [0.3, 0.4) is 0 Å². The van der Waals surface area contributed by atoms with Gasteiger partial charge in [0, 0.05) is 31.9 Å². The molecule has 0 aliphatic carbocycles. The third-order valence-corrected chi connectivity index (χ3v) is 2.53. The molecule has 0 saturated carbocycles. The molecule has 1 aromatic rings. The molecule has 100 valence electrons. The molecule has 0 bridgehead atoms. The van der Waals surface area contributed by atoms with Crippen LogP contribution < -0.4 is 10.2 Å². The van der Waals surface area contributed by atoms with Crippen LogP contribution in [0.15, 0.2) is 24.5 Å². The second-order valence-corrected chi connectivity index (χ2v) is 4.88. The Labute approximate surface area is 110 Å². The summed E-state index contributed by atoms with van der Waals surface area (Å²) in [7, 11) is 0. The molecular weight excluding hydrogens is 224 g/mol. The topological polar surface area (TPSA) is 41.1 Å². The van der Waals surface area contributed by atoms with Gasteiger partial charge in [0.15, 0.2) is 0 Å². The summed E-state index contributed by atoms with van der Waals surface area (Å²) >= 11 is 0. The van der Waals surface area contributed by atoms with Gasteiger partial charge in [-0.05, 0) is 13.8 Å². The molecule has 0 radical (unpaired) electrons. The van der Waals surface area contributed by atoms with E-state index in [0.717, 1.165) is 36.7 Å². The Bertz CT molecular complexity index is 387. The number of nitrogens with zero attached hydrogens (tertiary/aromatic N) is 3. The second kappa shape index (κ2) is 7.11. The number of aromatic nitrogens is 2. The summed E-state index contributed by atoms with van der Waals surface area (Å²) in [6.45, 7) is 14.8. The van der Waals surface area contributed by atoms with E-state index in [-0.39, 0.29) is 0 Å². The van der Waals surface area contributed by atoms with Crippen LogP contribution in [0, 0.1) is 0 Å². The van der Waals surface area contributed by atoms with Crippen LogP contribution in [-0.2, 0) is 6.54 Å². The minimum Gasteiger partial charge on any atom is -0.352 e. The van der Waals surface area contributed by atoms with Gasteiger partial charge in [-0.2, -0.15) is 0 Å². The van der Waals surface area contributed by atoms with E-state index in [9.17, 15) is 0 Å². The fourth-order valence-corrected chi connectivity index (χ4v) is 1.62. The highest BCUT2D eigenvalue weighted by Crippen LogP contribution is 2.11. The van der Waals surface area contributed by atoms with Crippen molar-refractivity contribution in [2.45, 2.75) is 40.3 Å². The molecule has 0 aromatic carbocycles. The first-order valence-corrected chi connectivity index (χ1v) is 6.46. The maximum Gasteiger partial charge on any atom is 0.147 e. The fourth-order valence-electron chi connectivity index (χ4n) is 1.62. The molecule has 0 unspecified atom stereocenters. The molecule has 1 heterocycles. The third kappa shape index (κ3) is 4.84. The van der Waals surface area contributed by atoms with Gasteiger partial charge in [-0.1, -0.05) is 26.0 Å². The molecule has 4 nitrogen and oxygen atoms in total. The van der Waals surface area contributed by atoms with Gasteiger partial charge in [-0.15, -0.1) is 0 Å². The number of nitrogens with one attached hydrogen (secondary N) is 1. The molecule has 4 heteroatoms. The van der Waals surface area contributed by atoms with E-state index in [0.29, 0.717) is 6.04 Å². The van der Waals surface area contributed by atoms with Crippen LogP contribution in [0.1, 0.15) is 33.4 Å². The Morgan fingerprint density at radius 3 is 2.72 bits per heavy atom. The highest BCUT2D eigenvalue weighted by molar-refractivity contribution is 5.37. The Morgan fingerprint density at radius 2 is 2.17 bits per heavy atom. The van der Waals surface area contributed by atoms with Crippen molar-refractivity contribution < 1.29 is 0 Å². The molecule has 18 heavy (non-hydrogen) atoms. The molecule has 0 amide bonds. The van der Waals surface area contributed by atoms with Crippen molar-refractivity contribution in [3.05, 3.63) is 30.2 Å². The zero-order valence-corrected chi connectivity index (χ0v) is 11.9. The average molecular weight is 248 g/mol. The van der Waals surface area contributed by atoms with Gasteiger partial charge in [0.2, 0.25) is 0 Å². The highest BCUT2D eigenvalue weighted by atomic mass is 15.2. The van der Waals surface area contributed by atoms with Gasteiger partial charge in [-0.3, -0.25) is 4.98 Å². The molecule has 0 fully saturated rings. The monoisotopic (exact) mass is 248 g/mol. The average Bonchev–Trinajstić information content (AvgIpc) is 2.33. The Morgan fingerprint density at radius 1 is 1.44 bits per heavy atom. The zero-order chi connectivity index (χ0) is 13.5. The number of hydrogen-bond acceptors (Lipinski definition) is 4. The molecule has 0 spiro atoms. The minimum absolute atomic E-state index is 0.452. The number of rotatable bonds is 7. The SMILES string of the molecule is C=C(C)CN(CC)c1cncc(CNC(C)C)n1. The van der Waals surface area contributed by atoms with Crippen molar-refractivity contribution in [2.24, 2.45) is 0 Å². The number of hydrogen-bond donors (Lipinski definition) is 1. The Balaban J connectivity index is 2.75. The highest BCUT2D eigenvalue weighted by Gasteiger charge is 2.07. The third-order valence-electron chi connectivity index (χ3n) is 2.53. The van der Waals surface area contributed by atoms with Gasteiger partial charge >= 0.3 is 0 Å². The van der Waals surface area contributed by atoms with Crippen molar-refractivity contribution in [2.75, 3.05) is 18.0 Å². The molecule has 0 aliphatic heterocycles. The smallest absolute Gasteiger partial charge is 0.147 e. The summed E-state index contributed by atoms with van der Waals surface area (Å²) in [5, 5.41) is 3.35. The first-order chi connectivity index (χ1) is 8.52. The maximum absolute atomic E-state index is 4.63. The lowest BCUT2D eigenvalue weighted by molar-refractivity contribution is 0.579. The summed E-state index contributed by atoms with van der Waals surface area (Å²) in [6.07, 6.45) is 3.62. The van der Waals surface area contributed by atoms with Crippen molar-refractivity contribution in [1.82, 2.24) is 15.3 Å². The van der Waals surface area contributed by atoms with Crippen LogP contribution >= 0.6 is 0 Å². The quantitative estimate of drug-likeness (QED) is 0.752. The van der Waals surface area contributed by atoms with Crippen LogP contribution in [0.2, 0.25) is 0 Å². The van der Waals surface area contributed by atoms with Gasteiger partial charge in [-0.25, -0.2) is 4.98 Å². The first kappa shape index (κ1) is 14.6. The lowest BCUT2D eigenvalue weighted by atomic mass is 10.3. The fraction of sp³-hybridized carbons (Fsp3) is 0.571. The molecule has 1 rings (SSSR count). The lowest BCUT2D eigenvalue weighted by Crippen LogP contribution is -2.27. The first-order valence-electron chi connectivity index (χ1n) is 6.46. The molecule has 0 atom stereocenters. The van der Waals surface area contributed by atoms with Gasteiger partial charge in [0.05, 0.1) is 11.9 Å². The predicted molar refractivity (Wildman–Crippen MR) is 76.7 cm³/mol. The summed E-state index contributed by atoms with van der Waals surface area (Å²) in [4.78, 5) is 11.1. The second-order valence-electron chi connectivity index (χ2n) is 4.88. The van der Waals surface area contributed by atoms with Crippen LogP contribution in [0.25, 0.3) is 0 Å². The van der Waals surface area contributed by atoms with Gasteiger partial charge < -0.3 is 10.2 Å². The number of likely N-dealkylation sites (N-methyl/N-ethyl adjacent to an activating group) is 1. The van der Waals surface area contributed by atoms with E-state index in [2.05, 4.69) is 47.5 Å². The molecule has 1 N–H and O–H groups in total. The predicted octanol–water partition coefficient (Wildman–Crippen LogP) is 2.38. The molecule has 0 aliphatic rings. The molecule has 1 aromatic heterocycles. The van der Waals surface area contributed by atoms with Crippen molar-refractivity contribution in [3.63, 3.8) is 0 Å². The number of anilines is 1. The normalized spacial score (nSPS) is 10.7. The standard InChI is InChI=1S/C14H24N4/c1-6-18(10-11(2)3)14-9-15-7-13(17-14)8-16-12(4)5/h7,9,12,16H,2,6,8,10H2,1,3-5H3. The van der Waals surface area contributed by atoms with E-state index >= 15 is 0 Å². The minimum atomic E-state index is 0.452.